The number of fused-ring (bicyclic) bond motifs is 1. The number of imidazole rings is 1. The molecule has 7 heteroatoms. The smallest absolute Gasteiger partial charge is 0.314 e. The van der Waals surface area contributed by atoms with E-state index in [0.29, 0.717) is 19.6 Å². The third-order valence-electron chi connectivity index (χ3n) is 4.39. The van der Waals surface area contributed by atoms with E-state index in [2.05, 4.69) is 44.8 Å². The summed E-state index contributed by atoms with van der Waals surface area (Å²) in [4.78, 5) is 17.9. The number of benzene rings is 1. The van der Waals surface area contributed by atoms with Gasteiger partial charge in [-0.25, -0.2) is 9.78 Å². The Morgan fingerprint density at radius 2 is 2.12 bits per heavy atom. The Morgan fingerprint density at radius 3 is 2.92 bits per heavy atom. The lowest BCUT2D eigenvalue weighted by molar-refractivity contribution is 0.105. The topological polar surface area (TPSA) is 82.4 Å². The maximum Gasteiger partial charge on any atom is 0.314 e. The fourth-order valence-corrected chi connectivity index (χ4v) is 3.06. The fourth-order valence-electron chi connectivity index (χ4n) is 3.06. The number of urea groups is 1. The number of nitrogens with zero attached hydrogens (tertiary/aromatic N) is 3. The van der Waals surface area contributed by atoms with Gasteiger partial charge in [-0.1, -0.05) is 24.3 Å². The quantitative estimate of drug-likeness (QED) is 0.688. The van der Waals surface area contributed by atoms with Gasteiger partial charge < -0.3 is 20.3 Å². The first-order valence-corrected chi connectivity index (χ1v) is 8.65. The van der Waals surface area contributed by atoms with Gasteiger partial charge in [-0.3, -0.25) is 4.90 Å². The van der Waals surface area contributed by atoms with Crippen molar-refractivity contribution >= 4 is 6.03 Å². The molecule has 1 aliphatic heterocycles. The molecule has 25 heavy (non-hydrogen) atoms. The standard InChI is InChI=1S/C18H25N5O2/c24-17(11-21-18(25)20-7-10-22-9-6-19-14-22)13-23-8-5-15-3-1-2-4-16(15)12-23/h1-4,6,9,14,17,24H,5,7-8,10-13H2,(H2,20,21,25). The van der Waals surface area contributed by atoms with Crippen LogP contribution in [0, 0.1) is 0 Å². The van der Waals surface area contributed by atoms with Crippen molar-refractivity contribution in [3.05, 3.63) is 54.1 Å². The van der Waals surface area contributed by atoms with Gasteiger partial charge in [0.15, 0.2) is 0 Å². The first-order valence-electron chi connectivity index (χ1n) is 8.65. The number of hydrogen-bond donors (Lipinski definition) is 3. The number of β-amino-alcohol motifs (C(OH)–C–C–N with tert-alkyl or cyclic N) is 1. The molecule has 1 aromatic heterocycles. The van der Waals surface area contributed by atoms with Crippen molar-refractivity contribution in [1.82, 2.24) is 25.1 Å². The summed E-state index contributed by atoms with van der Waals surface area (Å²) in [5.74, 6) is 0. The summed E-state index contributed by atoms with van der Waals surface area (Å²) in [6.45, 7) is 3.78. The van der Waals surface area contributed by atoms with E-state index in [1.165, 1.54) is 11.1 Å². The van der Waals surface area contributed by atoms with Gasteiger partial charge in [0, 0.05) is 51.7 Å². The zero-order valence-corrected chi connectivity index (χ0v) is 14.3. The third-order valence-corrected chi connectivity index (χ3v) is 4.39. The Hall–Kier alpha value is -2.38. The normalized spacial score (nSPS) is 15.4. The summed E-state index contributed by atoms with van der Waals surface area (Å²) in [5, 5.41) is 15.7. The van der Waals surface area contributed by atoms with Crippen LogP contribution in [0.4, 0.5) is 4.79 Å². The van der Waals surface area contributed by atoms with E-state index < -0.39 is 6.10 Å². The Kier molecular flexibility index (Phi) is 6.03. The predicted octanol–water partition coefficient (Wildman–Crippen LogP) is 0.602. The van der Waals surface area contributed by atoms with Crippen LogP contribution < -0.4 is 10.6 Å². The van der Waals surface area contributed by atoms with E-state index in [9.17, 15) is 9.90 Å². The van der Waals surface area contributed by atoms with E-state index in [4.69, 9.17) is 0 Å². The van der Waals surface area contributed by atoms with Gasteiger partial charge in [-0.05, 0) is 17.5 Å². The van der Waals surface area contributed by atoms with Gasteiger partial charge in [0.25, 0.3) is 0 Å². The summed E-state index contributed by atoms with van der Waals surface area (Å²) in [6, 6.07) is 8.16. The number of hydrogen-bond acceptors (Lipinski definition) is 4. The summed E-state index contributed by atoms with van der Waals surface area (Å²) in [7, 11) is 0. The molecule has 134 valence electrons. The van der Waals surface area contributed by atoms with E-state index in [1.54, 1.807) is 12.5 Å². The Balaban J connectivity index is 1.32. The van der Waals surface area contributed by atoms with Crippen molar-refractivity contribution in [2.24, 2.45) is 0 Å². The van der Waals surface area contributed by atoms with Gasteiger partial charge in [-0.15, -0.1) is 0 Å². The van der Waals surface area contributed by atoms with Gasteiger partial charge in [0.2, 0.25) is 0 Å². The molecule has 1 aliphatic rings. The van der Waals surface area contributed by atoms with Crippen LogP contribution >= 0.6 is 0 Å². The van der Waals surface area contributed by atoms with E-state index >= 15 is 0 Å². The van der Waals surface area contributed by atoms with Gasteiger partial charge >= 0.3 is 6.03 Å². The van der Waals surface area contributed by atoms with Crippen molar-refractivity contribution in [2.45, 2.75) is 25.6 Å². The largest absolute Gasteiger partial charge is 0.390 e. The third kappa shape index (κ3) is 5.30. The van der Waals surface area contributed by atoms with Crippen LogP contribution in [0.25, 0.3) is 0 Å². The summed E-state index contributed by atoms with van der Waals surface area (Å²) in [6.07, 6.45) is 5.69. The molecule has 1 atom stereocenters. The molecule has 0 fully saturated rings. The number of amides is 2. The minimum absolute atomic E-state index is 0.245. The molecule has 0 saturated carbocycles. The molecule has 0 spiro atoms. The maximum absolute atomic E-state index is 11.8. The molecular weight excluding hydrogens is 318 g/mol. The van der Waals surface area contributed by atoms with Crippen LogP contribution in [0.5, 0.6) is 0 Å². The van der Waals surface area contributed by atoms with Crippen molar-refractivity contribution in [3.8, 4) is 0 Å². The van der Waals surface area contributed by atoms with Gasteiger partial charge in [-0.2, -0.15) is 0 Å². The Bertz CT molecular complexity index is 674. The summed E-state index contributed by atoms with van der Waals surface area (Å²) >= 11 is 0. The number of nitrogens with one attached hydrogen (secondary N) is 2. The molecule has 0 bridgehead atoms. The molecule has 0 saturated heterocycles. The molecule has 3 rings (SSSR count). The maximum atomic E-state index is 11.8. The summed E-state index contributed by atoms with van der Waals surface area (Å²) < 4.78 is 1.89. The zero-order chi connectivity index (χ0) is 17.5. The van der Waals surface area contributed by atoms with Crippen molar-refractivity contribution < 1.29 is 9.90 Å². The van der Waals surface area contributed by atoms with Crippen LogP contribution in [-0.4, -0.2) is 57.9 Å². The molecule has 0 aliphatic carbocycles. The molecule has 2 amide bonds. The number of rotatable bonds is 7. The highest BCUT2D eigenvalue weighted by atomic mass is 16.3. The van der Waals surface area contributed by atoms with Gasteiger partial charge in [0.1, 0.15) is 0 Å². The first kappa shape index (κ1) is 17.4. The monoisotopic (exact) mass is 343 g/mol. The molecule has 2 aromatic rings. The highest BCUT2D eigenvalue weighted by Gasteiger charge is 2.18. The van der Waals surface area contributed by atoms with Gasteiger partial charge in [0.05, 0.1) is 12.4 Å². The molecule has 1 unspecified atom stereocenters. The predicted molar refractivity (Wildman–Crippen MR) is 95.1 cm³/mol. The van der Waals surface area contributed by atoms with E-state index in [1.807, 2.05) is 10.8 Å². The minimum Gasteiger partial charge on any atom is -0.390 e. The second-order valence-electron chi connectivity index (χ2n) is 6.34. The molecule has 0 radical (unpaired) electrons. The average Bonchev–Trinajstić information content (AvgIpc) is 3.13. The Morgan fingerprint density at radius 1 is 1.28 bits per heavy atom. The zero-order valence-electron chi connectivity index (χ0n) is 14.3. The second kappa shape index (κ2) is 8.64. The Labute approximate surface area is 147 Å². The van der Waals surface area contributed by atoms with Crippen LogP contribution in [0.2, 0.25) is 0 Å². The first-order chi connectivity index (χ1) is 12.2. The molecule has 1 aromatic carbocycles. The lowest BCUT2D eigenvalue weighted by Crippen LogP contribution is -2.45. The van der Waals surface area contributed by atoms with Crippen molar-refractivity contribution in [1.29, 1.82) is 0 Å². The molecule has 7 nitrogen and oxygen atoms in total. The van der Waals surface area contributed by atoms with Crippen molar-refractivity contribution in [2.75, 3.05) is 26.2 Å². The summed E-state index contributed by atoms with van der Waals surface area (Å²) in [5.41, 5.74) is 2.72. The average molecular weight is 343 g/mol. The lowest BCUT2D eigenvalue weighted by Gasteiger charge is -2.30. The van der Waals surface area contributed by atoms with Crippen LogP contribution in [0.3, 0.4) is 0 Å². The highest BCUT2D eigenvalue weighted by molar-refractivity contribution is 5.73. The second-order valence-corrected chi connectivity index (χ2v) is 6.34. The van der Waals surface area contributed by atoms with Crippen LogP contribution in [0.1, 0.15) is 11.1 Å². The fraction of sp³-hybridized carbons (Fsp3) is 0.444. The minimum atomic E-state index is -0.579. The molecule has 3 N–H and O–H groups in total. The SMILES string of the molecule is O=C(NCCn1ccnc1)NCC(O)CN1CCc2ccccc2C1. The lowest BCUT2D eigenvalue weighted by atomic mass is 10.00. The molecule has 2 heterocycles. The highest BCUT2D eigenvalue weighted by Crippen LogP contribution is 2.18. The molecular formula is C18H25N5O2. The number of aliphatic hydroxyl groups is 1. The number of aromatic nitrogens is 2. The van der Waals surface area contributed by atoms with E-state index in [0.717, 1.165) is 19.5 Å². The van der Waals surface area contributed by atoms with E-state index in [-0.39, 0.29) is 12.6 Å². The number of carbonyl (C=O) groups excluding carboxylic acids is 1. The van der Waals surface area contributed by atoms with Crippen LogP contribution in [0.15, 0.2) is 43.0 Å². The number of carbonyl (C=O) groups is 1. The van der Waals surface area contributed by atoms with Crippen molar-refractivity contribution in [3.63, 3.8) is 0 Å². The van der Waals surface area contributed by atoms with Crippen LogP contribution in [-0.2, 0) is 19.5 Å². The number of aliphatic hydroxyl groups excluding tert-OH is 1.